The van der Waals surface area contributed by atoms with Gasteiger partial charge in [0.1, 0.15) is 6.17 Å². The van der Waals surface area contributed by atoms with E-state index in [4.69, 9.17) is 6.57 Å². The van der Waals surface area contributed by atoms with Gasteiger partial charge in [-0.25, -0.2) is 13.8 Å². The molecule has 1 aliphatic carbocycles. The molecule has 148 valence electrons. The summed E-state index contributed by atoms with van der Waals surface area (Å²) in [6.45, 7) is 7.47. The van der Waals surface area contributed by atoms with E-state index >= 15 is 0 Å². The van der Waals surface area contributed by atoms with Gasteiger partial charge in [0.25, 0.3) is 0 Å². The van der Waals surface area contributed by atoms with Crippen molar-refractivity contribution in [3.05, 3.63) is 54.1 Å². The van der Waals surface area contributed by atoms with Gasteiger partial charge in [-0.3, -0.25) is 9.89 Å². The van der Waals surface area contributed by atoms with Gasteiger partial charge in [-0.15, -0.1) is 24.8 Å². The molecule has 7 nitrogen and oxygen atoms in total. The minimum atomic E-state index is -1.05. The van der Waals surface area contributed by atoms with Crippen molar-refractivity contribution in [3.63, 3.8) is 0 Å². The molecule has 1 fully saturated rings. The van der Waals surface area contributed by atoms with Crippen LogP contribution in [0.1, 0.15) is 6.42 Å². The van der Waals surface area contributed by atoms with Crippen LogP contribution in [0.3, 0.4) is 0 Å². The van der Waals surface area contributed by atoms with E-state index in [1.165, 1.54) is 0 Å². The van der Waals surface area contributed by atoms with E-state index in [2.05, 4.69) is 25.5 Å². The number of carbonyl (C=O) groups excluding carboxylic acids is 1. The lowest BCUT2D eigenvalue weighted by molar-refractivity contribution is -0.117. The van der Waals surface area contributed by atoms with Gasteiger partial charge in [-0.05, 0) is 35.7 Å². The Kier molecular flexibility index (Phi) is 5.46. The third-order valence-electron chi connectivity index (χ3n) is 4.78. The quantitative estimate of drug-likeness (QED) is 0.465. The molecule has 1 amide bonds. The normalized spacial score (nSPS) is 17.2. The van der Waals surface area contributed by atoms with Gasteiger partial charge in [0.05, 0.1) is 29.7 Å². The molecule has 0 spiro atoms. The summed E-state index contributed by atoms with van der Waals surface area (Å²) in [5.41, 5.74) is 3.79. The second-order valence-corrected chi connectivity index (χ2v) is 6.56. The lowest BCUT2D eigenvalue weighted by atomic mass is 10.0. The minimum absolute atomic E-state index is 0. The summed E-state index contributed by atoms with van der Waals surface area (Å²) >= 11 is 0. The number of anilines is 1. The monoisotopic (exact) mass is 432 g/mol. The Balaban J connectivity index is 0.00000120. The molecule has 0 saturated heterocycles. The topological polar surface area (TPSA) is 79.4 Å². The molecule has 1 aliphatic rings. The fourth-order valence-electron chi connectivity index (χ4n) is 3.27. The fourth-order valence-corrected chi connectivity index (χ4v) is 3.27. The number of aromatic amines is 1. The number of H-pyrrole nitrogens is 1. The van der Waals surface area contributed by atoms with E-state index in [-0.39, 0.29) is 37.1 Å². The molecule has 0 aliphatic heterocycles. The highest BCUT2D eigenvalue weighted by molar-refractivity contribution is 6.02. The molecule has 4 aromatic rings. The zero-order chi connectivity index (χ0) is 18.5. The zero-order valence-corrected chi connectivity index (χ0v) is 16.4. The second-order valence-electron chi connectivity index (χ2n) is 6.56. The highest BCUT2D eigenvalue weighted by Crippen LogP contribution is 2.37. The number of hydrogen-bond donors (Lipinski definition) is 2. The van der Waals surface area contributed by atoms with Crippen LogP contribution in [-0.2, 0) is 4.79 Å². The van der Waals surface area contributed by atoms with Crippen LogP contribution in [0.15, 0.2) is 42.7 Å². The first-order chi connectivity index (χ1) is 13.1. The molecular weight excluding hydrogens is 418 g/mol. The highest BCUT2D eigenvalue weighted by Gasteiger charge is 2.43. The van der Waals surface area contributed by atoms with Gasteiger partial charge in [0.2, 0.25) is 5.91 Å². The van der Waals surface area contributed by atoms with E-state index in [9.17, 15) is 9.18 Å². The molecule has 29 heavy (non-hydrogen) atoms. The summed E-state index contributed by atoms with van der Waals surface area (Å²) in [5.74, 6) is -0.530. The molecule has 0 bridgehead atoms. The first-order valence-electron chi connectivity index (χ1n) is 8.42. The molecule has 0 radical (unpaired) electrons. The number of nitrogens with zero attached hydrogens (tertiary/aromatic N) is 4. The molecule has 1 aromatic carbocycles. The van der Waals surface area contributed by atoms with E-state index in [1.807, 2.05) is 18.2 Å². The number of carbonyl (C=O) groups is 1. The maximum absolute atomic E-state index is 13.0. The SMILES string of the molecule is Cl.Cl.[C-]#[N+]c1ccc2[nH]ncc2c1-c1ccn2nc(NC(=O)[C@@H]3C[C@@H]3F)cc2c1. The summed E-state index contributed by atoms with van der Waals surface area (Å²) < 4.78 is 14.7. The Bertz CT molecular complexity index is 1260. The van der Waals surface area contributed by atoms with Crippen LogP contribution in [0.25, 0.3) is 32.4 Å². The van der Waals surface area contributed by atoms with Gasteiger partial charge >= 0.3 is 0 Å². The van der Waals surface area contributed by atoms with E-state index in [0.29, 0.717) is 11.5 Å². The second kappa shape index (κ2) is 7.70. The van der Waals surface area contributed by atoms with Gasteiger partial charge in [0.15, 0.2) is 11.5 Å². The average molecular weight is 433 g/mol. The van der Waals surface area contributed by atoms with Crippen LogP contribution in [-0.4, -0.2) is 31.9 Å². The predicted octanol–water partition coefficient (Wildman–Crippen LogP) is 4.57. The van der Waals surface area contributed by atoms with Gasteiger partial charge in [-0.2, -0.15) is 10.2 Å². The number of aromatic nitrogens is 4. The first-order valence-corrected chi connectivity index (χ1v) is 8.42. The van der Waals surface area contributed by atoms with Gasteiger partial charge in [0, 0.05) is 17.6 Å². The molecule has 3 heterocycles. The highest BCUT2D eigenvalue weighted by atomic mass is 35.5. The Morgan fingerprint density at radius 2 is 2.10 bits per heavy atom. The lowest BCUT2D eigenvalue weighted by Gasteiger charge is -2.06. The zero-order valence-electron chi connectivity index (χ0n) is 14.8. The Labute approximate surface area is 176 Å². The number of pyridine rings is 1. The molecule has 10 heteroatoms. The number of amides is 1. The van der Waals surface area contributed by atoms with Gasteiger partial charge < -0.3 is 5.32 Å². The van der Waals surface area contributed by atoms with Crippen molar-refractivity contribution in [3.8, 4) is 11.1 Å². The van der Waals surface area contributed by atoms with Gasteiger partial charge in [-0.1, -0.05) is 6.07 Å². The summed E-state index contributed by atoms with van der Waals surface area (Å²) in [6.07, 6.45) is 2.70. The smallest absolute Gasteiger partial charge is 0.231 e. The lowest BCUT2D eigenvalue weighted by Crippen LogP contribution is -2.15. The number of halogens is 3. The van der Waals surface area contributed by atoms with E-state index < -0.39 is 12.1 Å². The summed E-state index contributed by atoms with van der Waals surface area (Å²) in [6, 6.07) is 9.08. The van der Waals surface area contributed by atoms with Crippen molar-refractivity contribution in [2.45, 2.75) is 12.6 Å². The summed E-state index contributed by atoms with van der Waals surface area (Å²) in [4.78, 5) is 15.5. The standard InChI is InChI=1S/C19H13FN6O.2ClH/c1-21-16-3-2-15-13(9-22-24-15)18(16)10-4-5-26-11(6-10)7-17(25-26)23-19(27)12-8-14(12)20;;/h2-7,9,12,14H,8H2,(H,22,24)(H,23,25,27);2*1H/t12-,14+;;/m1../s1. The molecule has 3 aromatic heterocycles. The Hall–Kier alpha value is -3.15. The van der Waals surface area contributed by atoms with Crippen LogP contribution in [0.2, 0.25) is 0 Å². The van der Waals surface area contributed by atoms with Crippen LogP contribution < -0.4 is 5.32 Å². The first kappa shape index (κ1) is 20.6. The third kappa shape index (κ3) is 3.50. The number of alkyl halides is 1. The van der Waals surface area contributed by atoms with E-state index in [0.717, 1.165) is 27.5 Å². The largest absolute Gasteiger partial charge is 0.309 e. The maximum atomic E-state index is 13.0. The Morgan fingerprint density at radius 1 is 1.31 bits per heavy atom. The van der Waals surface area contributed by atoms with Crippen molar-refractivity contribution >= 4 is 58.6 Å². The van der Waals surface area contributed by atoms with Crippen molar-refractivity contribution in [2.75, 3.05) is 5.32 Å². The van der Waals surface area contributed by atoms with Crippen LogP contribution in [0.4, 0.5) is 15.9 Å². The van der Waals surface area contributed by atoms with Crippen molar-refractivity contribution in [2.24, 2.45) is 5.92 Å². The van der Waals surface area contributed by atoms with Crippen LogP contribution in [0, 0.1) is 12.5 Å². The maximum Gasteiger partial charge on any atom is 0.231 e. The summed E-state index contributed by atoms with van der Waals surface area (Å²) in [5, 5.41) is 14.8. The molecule has 2 atom stereocenters. The molecule has 0 unspecified atom stereocenters. The molecular formula is C19H15Cl2FN6O. The molecule has 2 N–H and O–H groups in total. The van der Waals surface area contributed by atoms with Crippen LogP contribution in [0.5, 0.6) is 0 Å². The molecule has 5 rings (SSSR count). The van der Waals surface area contributed by atoms with Crippen molar-refractivity contribution in [1.82, 2.24) is 19.8 Å². The molecule has 1 saturated carbocycles. The van der Waals surface area contributed by atoms with Crippen molar-refractivity contribution < 1.29 is 9.18 Å². The Morgan fingerprint density at radius 3 is 2.83 bits per heavy atom. The number of benzene rings is 1. The predicted molar refractivity (Wildman–Crippen MR) is 113 cm³/mol. The number of hydrogen-bond acceptors (Lipinski definition) is 3. The third-order valence-corrected chi connectivity index (χ3v) is 4.78. The fraction of sp³-hybridized carbons (Fsp3) is 0.158. The average Bonchev–Trinajstić information content (AvgIpc) is 3.07. The number of fused-ring (bicyclic) bond motifs is 2. The van der Waals surface area contributed by atoms with E-state index in [1.54, 1.807) is 29.0 Å². The minimum Gasteiger partial charge on any atom is -0.309 e. The van der Waals surface area contributed by atoms with Crippen LogP contribution >= 0.6 is 24.8 Å². The summed E-state index contributed by atoms with van der Waals surface area (Å²) in [7, 11) is 0. The number of rotatable bonds is 3. The number of nitrogens with one attached hydrogen (secondary N) is 2. The van der Waals surface area contributed by atoms with Crippen molar-refractivity contribution in [1.29, 1.82) is 0 Å².